The van der Waals surface area contributed by atoms with Crippen LogP contribution in [0.3, 0.4) is 0 Å². The fraction of sp³-hybridized carbons (Fsp3) is 0.118. The highest BCUT2D eigenvalue weighted by molar-refractivity contribution is 7.99. The third kappa shape index (κ3) is 3.43. The Labute approximate surface area is 147 Å². The van der Waals surface area contributed by atoms with Crippen LogP contribution in [0, 0.1) is 0 Å². The van der Waals surface area contributed by atoms with Crippen LogP contribution >= 0.6 is 11.8 Å². The third-order valence-electron chi connectivity index (χ3n) is 3.43. The van der Waals surface area contributed by atoms with Gasteiger partial charge in [-0.15, -0.1) is 10.2 Å². The molecule has 2 aromatic carbocycles. The average molecular weight is 357 g/mol. The molecule has 0 fully saturated rings. The first-order chi connectivity index (χ1) is 12.1. The Bertz CT molecular complexity index is 910. The van der Waals surface area contributed by atoms with E-state index >= 15 is 0 Å². The van der Waals surface area contributed by atoms with Gasteiger partial charge in [0.05, 0.1) is 24.1 Å². The van der Waals surface area contributed by atoms with Gasteiger partial charge in [-0.3, -0.25) is 9.36 Å². The van der Waals surface area contributed by atoms with E-state index in [0.29, 0.717) is 28.0 Å². The number of carboxylic acids is 1. The number of hydrogen-bond acceptors (Lipinski definition) is 6. The number of benzene rings is 2. The molecule has 0 aliphatic heterocycles. The molecule has 0 aliphatic rings. The molecule has 0 atom stereocenters. The number of hydrogen-bond donors (Lipinski definition) is 2. The second-order valence-corrected chi connectivity index (χ2v) is 5.96. The van der Waals surface area contributed by atoms with E-state index < -0.39 is 5.97 Å². The van der Waals surface area contributed by atoms with Gasteiger partial charge < -0.3 is 14.9 Å². The molecule has 0 aliphatic carbocycles. The lowest BCUT2D eigenvalue weighted by Crippen LogP contribution is -2.04. The molecule has 7 nitrogen and oxygen atoms in total. The van der Waals surface area contributed by atoms with E-state index in [1.165, 1.54) is 0 Å². The molecule has 3 rings (SSSR count). The molecule has 0 saturated heterocycles. The van der Waals surface area contributed by atoms with Gasteiger partial charge in [0.1, 0.15) is 11.5 Å². The van der Waals surface area contributed by atoms with Gasteiger partial charge in [-0.1, -0.05) is 36.0 Å². The van der Waals surface area contributed by atoms with E-state index in [1.54, 1.807) is 42.0 Å². The molecule has 0 radical (unpaired) electrons. The lowest BCUT2D eigenvalue weighted by atomic mass is 10.2. The minimum Gasteiger partial charge on any atom is -0.507 e. The summed E-state index contributed by atoms with van der Waals surface area (Å²) >= 11 is 1.04. The zero-order valence-electron chi connectivity index (χ0n) is 13.3. The summed E-state index contributed by atoms with van der Waals surface area (Å²) in [5, 5.41) is 27.8. The summed E-state index contributed by atoms with van der Waals surface area (Å²) in [5.41, 5.74) is 1.14. The van der Waals surface area contributed by atoms with Crippen molar-refractivity contribution in [3.8, 4) is 28.6 Å². The van der Waals surface area contributed by atoms with Crippen LogP contribution in [0.15, 0.2) is 53.7 Å². The zero-order chi connectivity index (χ0) is 17.8. The van der Waals surface area contributed by atoms with E-state index in [9.17, 15) is 9.90 Å². The monoisotopic (exact) mass is 357 g/mol. The Hall–Kier alpha value is -3.00. The van der Waals surface area contributed by atoms with Crippen LogP contribution in [0.5, 0.6) is 11.5 Å². The fourth-order valence-electron chi connectivity index (χ4n) is 2.36. The zero-order valence-corrected chi connectivity index (χ0v) is 14.1. The van der Waals surface area contributed by atoms with Crippen molar-refractivity contribution in [1.82, 2.24) is 14.8 Å². The van der Waals surface area contributed by atoms with E-state index in [2.05, 4.69) is 10.2 Å². The number of phenolic OH excluding ortho intramolecular Hbond substituents is 1. The van der Waals surface area contributed by atoms with Crippen LogP contribution < -0.4 is 4.74 Å². The molecule has 3 aromatic rings. The summed E-state index contributed by atoms with van der Waals surface area (Å²) in [4.78, 5) is 10.9. The third-order valence-corrected chi connectivity index (χ3v) is 4.34. The van der Waals surface area contributed by atoms with Crippen molar-refractivity contribution in [2.45, 2.75) is 5.16 Å². The number of rotatable bonds is 6. The highest BCUT2D eigenvalue weighted by Gasteiger charge is 2.21. The molecule has 0 amide bonds. The van der Waals surface area contributed by atoms with Gasteiger partial charge in [0.25, 0.3) is 0 Å². The molecule has 0 bridgehead atoms. The van der Waals surface area contributed by atoms with Gasteiger partial charge in [-0.2, -0.15) is 0 Å². The largest absolute Gasteiger partial charge is 0.507 e. The first-order valence-corrected chi connectivity index (χ1v) is 8.32. The number of aromatic nitrogens is 3. The smallest absolute Gasteiger partial charge is 0.313 e. The van der Waals surface area contributed by atoms with Crippen LogP contribution in [0.1, 0.15) is 0 Å². The Morgan fingerprint density at radius 1 is 1.16 bits per heavy atom. The summed E-state index contributed by atoms with van der Waals surface area (Å²) in [6.07, 6.45) is 0. The van der Waals surface area contributed by atoms with Crippen molar-refractivity contribution in [2.24, 2.45) is 0 Å². The Balaban J connectivity index is 2.20. The first kappa shape index (κ1) is 16.8. The molecule has 1 heterocycles. The predicted molar refractivity (Wildman–Crippen MR) is 93.4 cm³/mol. The van der Waals surface area contributed by atoms with E-state index in [-0.39, 0.29) is 11.5 Å². The van der Waals surface area contributed by atoms with Crippen LogP contribution in [0.2, 0.25) is 0 Å². The maximum absolute atomic E-state index is 10.9. The molecule has 0 spiro atoms. The molecule has 0 saturated carbocycles. The summed E-state index contributed by atoms with van der Waals surface area (Å²) in [7, 11) is 1.55. The quantitative estimate of drug-likeness (QED) is 0.655. The SMILES string of the molecule is COc1ccccc1-n1c(SCC(=O)O)nnc1-c1ccccc1O. The molecule has 8 heteroatoms. The van der Waals surface area contributed by atoms with Gasteiger partial charge >= 0.3 is 5.97 Å². The number of aliphatic carboxylic acids is 1. The minimum absolute atomic E-state index is 0.0563. The Morgan fingerprint density at radius 2 is 1.88 bits per heavy atom. The molecule has 1 aromatic heterocycles. The minimum atomic E-state index is -0.955. The van der Waals surface area contributed by atoms with Crippen molar-refractivity contribution in [3.05, 3.63) is 48.5 Å². The van der Waals surface area contributed by atoms with E-state index in [1.807, 2.05) is 18.2 Å². The topological polar surface area (TPSA) is 97.5 Å². The summed E-state index contributed by atoms with van der Waals surface area (Å²) in [6.45, 7) is 0. The number of carbonyl (C=O) groups is 1. The molecular weight excluding hydrogens is 342 g/mol. The van der Waals surface area contributed by atoms with Gasteiger partial charge in [-0.05, 0) is 24.3 Å². The average Bonchev–Trinajstić information content (AvgIpc) is 3.03. The van der Waals surface area contributed by atoms with Crippen molar-refractivity contribution in [2.75, 3.05) is 12.9 Å². The summed E-state index contributed by atoms with van der Waals surface area (Å²) < 4.78 is 7.09. The number of ether oxygens (including phenoxy) is 1. The second-order valence-electron chi connectivity index (χ2n) is 5.01. The Morgan fingerprint density at radius 3 is 2.60 bits per heavy atom. The lowest BCUT2D eigenvalue weighted by Gasteiger charge is -2.14. The second kappa shape index (κ2) is 7.27. The van der Waals surface area contributed by atoms with Gasteiger partial charge in [-0.25, -0.2) is 0 Å². The maximum Gasteiger partial charge on any atom is 0.313 e. The van der Waals surface area contributed by atoms with Crippen LogP contribution in [0.4, 0.5) is 0 Å². The lowest BCUT2D eigenvalue weighted by molar-refractivity contribution is -0.133. The van der Waals surface area contributed by atoms with Crippen molar-refractivity contribution >= 4 is 17.7 Å². The number of methoxy groups -OCH3 is 1. The number of phenols is 1. The fourth-order valence-corrected chi connectivity index (χ4v) is 3.02. The summed E-state index contributed by atoms with van der Waals surface area (Å²) in [6, 6.07) is 14.0. The number of aromatic hydroxyl groups is 1. The number of nitrogens with zero attached hydrogens (tertiary/aromatic N) is 3. The maximum atomic E-state index is 10.9. The first-order valence-electron chi connectivity index (χ1n) is 7.33. The normalized spacial score (nSPS) is 10.6. The van der Waals surface area contributed by atoms with Crippen molar-refractivity contribution in [3.63, 3.8) is 0 Å². The van der Waals surface area contributed by atoms with Gasteiger partial charge in [0.15, 0.2) is 11.0 Å². The van der Waals surface area contributed by atoms with Gasteiger partial charge in [0, 0.05) is 0 Å². The molecule has 128 valence electrons. The van der Waals surface area contributed by atoms with Crippen LogP contribution in [0.25, 0.3) is 17.1 Å². The van der Waals surface area contributed by atoms with Crippen LogP contribution in [-0.2, 0) is 4.79 Å². The molecule has 25 heavy (non-hydrogen) atoms. The number of carboxylic acid groups (broad SMARTS) is 1. The predicted octanol–water partition coefficient (Wildman–Crippen LogP) is 2.83. The van der Waals surface area contributed by atoms with Crippen molar-refractivity contribution < 1.29 is 19.7 Å². The summed E-state index contributed by atoms with van der Waals surface area (Å²) in [5.74, 6) is -0.0789. The van der Waals surface area contributed by atoms with E-state index in [4.69, 9.17) is 9.84 Å². The number of para-hydroxylation sites is 3. The molecular formula is C17H15N3O4S. The van der Waals surface area contributed by atoms with Gasteiger partial charge in [0.2, 0.25) is 0 Å². The molecule has 2 N–H and O–H groups in total. The van der Waals surface area contributed by atoms with Crippen LogP contribution in [-0.4, -0.2) is 43.8 Å². The number of thioether (sulfide) groups is 1. The van der Waals surface area contributed by atoms with E-state index in [0.717, 1.165) is 11.8 Å². The highest BCUT2D eigenvalue weighted by Crippen LogP contribution is 2.35. The standard InChI is InChI=1S/C17H15N3O4S/c1-24-14-9-5-3-7-12(14)20-16(11-6-2-4-8-13(11)21)18-19-17(20)25-10-15(22)23/h2-9,21H,10H2,1H3,(H,22,23). The van der Waals surface area contributed by atoms with Crippen molar-refractivity contribution in [1.29, 1.82) is 0 Å². The highest BCUT2D eigenvalue weighted by atomic mass is 32.2. The Kier molecular flexibility index (Phi) is 4.90. The molecule has 0 unspecified atom stereocenters.